The van der Waals surface area contributed by atoms with Gasteiger partial charge in [0.05, 0.1) is 5.41 Å². The number of piperidine rings is 1. The Morgan fingerprint density at radius 2 is 1.87 bits per heavy atom. The number of hydrogen-bond donors (Lipinski definition) is 2. The number of rotatable bonds is 3. The second-order valence-corrected chi connectivity index (χ2v) is 7.27. The molecule has 1 heterocycles. The SMILES string of the molecule is CC1(C(=O)NC2CCC(c3ccccc3)CC2)CCCNC1.Cl. The topological polar surface area (TPSA) is 41.1 Å². The zero-order valence-electron chi connectivity index (χ0n) is 14.0. The fourth-order valence-electron chi connectivity index (χ4n) is 3.91. The lowest BCUT2D eigenvalue weighted by atomic mass is 9.79. The van der Waals surface area contributed by atoms with E-state index in [9.17, 15) is 4.79 Å². The largest absolute Gasteiger partial charge is 0.353 e. The van der Waals surface area contributed by atoms with Crippen molar-refractivity contribution >= 4 is 18.3 Å². The first-order valence-electron chi connectivity index (χ1n) is 8.74. The van der Waals surface area contributed by atoms with Gasteiger partial charge in [0.15, 0.2) is 0 Å². The maximum Gasteiger partial charge on any atom is 0.227 e. The van der Waals surface area contributed by atoms with Gasteiger partial charge in [0.1, 0.15) is 0 Å². The number of nitrogens with one attached hydrogen (secondary N) is 2. The molecule has 1 saturated heterocycles. The van der Waals surface area contributed by atoms with Crippen LogP contribution in [0.3, 0.4) is 0 Å². The highest BCUT2D eigenvalue weighted by Crippen LogP contribution is 2.33. The molecule has 0 aromatic heterocycles. The van der Waals surface area contributed by atoms with Gasteiger partial charge < -0.3 is 10.6 Å². The van der Waals surface area contributed by atoms with Crippen LogP contribution in [0.15, 0.2) is 30.3 Å². The van der Waals surface area contributed by atoms with Crippen molar-refractivity contribution in [3.63, 3.8) is 0 Å². The lowest BCUT2D eigenvalue weighted by molar-refractivity contribution is -0.132. The first-order valence-corrected chi connectivity index (χ1v) is 8.74. The number of hydrogen-bond acceptors (Lipinski definition) is 2. The van der Waals surface area contributed by atoms with Crippen LogP contribution in [0.4, 0.5) is 0 Å². The molecule has 1 aliphatic heterocycles. The molecule has 1 amide bonds. The Balaban J connectivity index is 0.00000192. The van der Waals surface area contributed by atoms with Crippen molar-refractivity contribution in [1.82, 2.24) is 10.6 Å². The van der Waals surface area contributed by atoms with Crippen LogP contribution in [-0.2, 0) is 4.79 Å². The van der Waals surface area contributed by atoms with Crippen LogP contribution in [0.5, 0.6) is 0 Å². The molecular weight excluding hydrogens is 308 g/mol. The number of carbonyl (C=O) groups excluding carboxylic acids is 1. The van der Waals surface area contributed by atoms with Crippen LogP contribution in [0.1, 0.15) is 56.9 Å². The Bertz CT molecular complexity index is 491. The van der Waals surface area contributed by atoms with Crippen molar-refractivity contribution < 1.29 is 4.79 Å². The molecule has 23 heavy (non-hydrogen) atoms. The lowest BCUT2D eigenvalue weighted by Gasteiger charge is -2.36. The summed E-state index contributed by atoms with van der Waals surface area (Å²) in [5, 5.41) is 6.68. The van der Waals surface area contributed by atoms with Gasteiger partial charge in [0.2, 0.25) is 5.91 Å². The van der Waals surface area contributed by atoms with Crippen molar-refractivity contribution in [1.29, 1.82) is 0 Å². The van der Waals surface area contributed by atoms with Gasteiger partial charge in [-0.3, -0.25) is 4.79 Å². The van der Waals surface area contributed by atoms with Crippen LogP contribution in [-0.4, -0.2) is 25.0 Å². The van der Waals surface area contributed by atoms with Crippen molar-refractivity contribution in [2.45, 2.75) is 57.4 Å². The number of benzene rings is 1. The molecule has 2 fully saturated rings. The number of halogens is 1. The highest BCUT2D eigenvalue weighted by molar-refractivity contribution is 5.85. The van der Waals surface area contributed by atoms with Crippen molar-refractivity contribution in [3.8, 4) is 0 Å². The first-order chi connectivity index (χ1) is 10.7. The molecule has 4 heteroatoms. The van der Waals surface area contributed by atoms with Crippen LogP contribution >= 0.6 is 12.4 Å². The summed E-state index contributed by atoms with van der Waals surface area (Å²) in [5.74, 6) is 0.921. The molecule has 1 atom stereocenters. The summed E-state index contributed by atoms with van der Waals surface area (Å²) in [7, 11) is 0. The second kappa shape index (κ2) is 8.16. The summed E-state index contributed by atoms with van der Waals surface area (Å²) in [6, 6.07) is 11.2. The Morgan fingerprint density at radius 1 is 1.17 bits per heavy atom. The predicted molar refractivity (Wildman–Crippen MR) is 97.0 cm³/mol. The van der Waals surface area contributed by atoms with E-state index in [0.29, 0.717) is 12.0 Å². The fraction of sp³-hybridized carbons (Fsp3) is 0.632. The van der Waals surface area contributed by atoms with E-state index in [1.165, 1.54) is 18.4 Å². The highest BCUT2D eigenvalue weighted by Gasteiger charge is 2.36. The van der Waals surface area contributed by atoms with Crippen LogP contribution in [0.25, 0.3) is 0 Å². The van der Waals surface area contributed by atoms with Crippen LogP contribution in [0, 0.1) is 5.41 Å². The summed E-state index contributed by atoms with van der Waals surface area (Å²) in [5.41, 5.74) is 1.24. The van der Waals surface area contributed by atoms with Crippen molar-refractivity contribution in [2.24, 2.45) is 5.41 Å². The molecule has 0 spiro atoms. The smallest absolute Gasteiger partial charge is 0.227 e. The molecular formula is C19H29ClN2O. The normalized spacial score (nSPS) is 31.0. The molecule has 2 N–H and O–H groups in total. The molecule has 1 unspecified atom stereocenters. The molecule has 1 aromatic rings. The Hall–Kier alpha value is -1.06. The predicted octanol–water partition coefficient (Wildman–Crippen LogP) is 3.64. The second-order valence-electron chi connectivity index (χ2n) is 7.27. The Morgan fingerprint density at radius 3 is 2.48 bits per heavy atom. The summed E-state index contributed by atoms with van der Waals surface area (Å²) < 4.78 is 0. The van der Waals surface area contributed by atoms with Crippen LogP contribution < -0.4 is 10.6 Å². The molecule has 1 saturated carbocycles. The first kappa shape index (κ1) is 18.3. The molecule has 128 valence electrons. The molecule has 3 nitrogen and oxygen atoms in total. The third kappa shape index (κ3) is 4.48. The van der Waals surface area contributed by atoms with Gasteiger partial charge in [0, 0.05) is 12.6 Å². The maximum absolute atomic E-state index is 12.6. The minimum absolute atomic E-state index is 0. The van der Waals surface area contributed by atoms with Gasteiger partial charge in [-0.15, -0.1) is 12.4 Å². The Labute approximate surface area is 146 Å². The van der Waals surface area contributed by atoms with Crippen molar-refractivity contribution in [3.05, 3.63) is 35.9 Å². The average Bonchev–Trinajstić information content (AvgIpc) is 2.57. The zero-order chi connectivity index (χ0) is 15.4. The average molecular weight is 337 g/mol. The number of amides is 1. The van der Waals surface area contributed by atoms with Crippen molar-refractivity contribution in [2.75, 3.05) is 13.1 Å². The minimum atomic E-state index is -0.214. The lowest BCUT2D eigenvalue weighted by Crippen LogP contribution is -2.51. The minimum Gasteiger partial charge on any atom is -0.353 e. The van der Waals surface area contributed by atoms with E-state index in [1.54, 1.807) is 0 Å². The summed E-state index contributed by atoms with van der Waals surface area (Å²) in [6.45, 7) is 3.97. The molecule has 1 aliphatic carbocycles. The molecule has 0 radical (unpaired) electrons. The van der Waals surface area contributed by atoms with Gasteiger partial charge in [-0.25, -0.2) is 0 Å². The van der Waals surface area contributed by atoms with E-state index in [1.807, 2.05) is 0 Å². The van der Waals surface area contributed by atoms with Gasteiger partial charge in [-0.05, 0) is 63.5 Å². The molecule has 3 rings (SSSR count). The monoisotopic (exact) mass is 336 g/mol. The van der Waals surface area contributed by atoms with Gasteiger partial charge in [0.25, 0.3) is 0 Å². The number of carbonyl (C=O) groups is 1. The van der Waals surface area contributed by atoms with Gasteiger partial charge >= 0.3 is 0 Å². The van der Waals surface area contributed by atoms with Gasteiger partial charge in [-0.1, -0.05) is 30.3 Å². The van der Waals surface area contributed by atoms with Gasteiger partial charge in [-0.2, -0.15) is 0 Å². The highest BCUT2D eigenvalue weighted by atomic mass is 35.5. The zero-order valence-corrected chi connectivity index (χ0v) is 14.8. The maximum atomic E-state index is 12.6. The molecule has 2 aliphatic rings. The van der Waals surface area contributed by atoms with E-state index in [4.69, 9.17) is 0 Å². The molecule has 1 aromatic carbocycles. The summed E-state index contributed by atoms with van der Waals surface area (Å²) >= 11 is 0. The summed E-state index contributed by atoms with van der Waals surface area (Å²) in [4.78, 5) is 12.6. The van der Waals surface area contributed by atoms with E-state index >= 15 is 0 Å². The quantitative estimate of drug-likeness (QED) is 0.884. The standard InChI is InChI=1S/C19H28N2O.ClH/c1-19(12-5-13-20-14-19)18(22)21-17-10-8-16(9-11-17)15-6-3-2-4-7-15;/h2-4,6-7,16-17,20H,5,8-14H2,1H3,(H,21,22);1H. The third-order valence-corrected chi connectivity index (χ3v) is 5.48. The van der Waals surface area contributed by atoms with Crippen LogP contribution in [0.2, 0.25) is 0 Å². The fourth-order valence-corrected chi connectivity index (χ4v) is 3.91. The Kier molecular flexibility index (Phi) is 6.49. The van der Waals surface area contributed by atoms with E-state index in [-0.39, 0.29) is 23.7 Å². The molecule has 0 bridgehead atoms. The van der Waals surface area contributed by atoms with E-state index in [0.717, 1.165) is 38.8 Å². The third-order valence-electron chi connectivity index (χ3n) is 5.48. The van der Waals surface area contributed by atoms with E-state index < -0.39 is 0 Å². The summed E-state index contributed by atoms with van der Waals surface area (Å²) in [6.07, 6.45) is 6.69. The van der Waals surface area contributed by atoms with E-state index in [2.05, 4.69) is 47.9 Å².